The lowest BCUT2D eigenvalue weighted by Gasteiger charge is -2.23. The molecule has 6 radical (unpaired) electrons. The van der Waals surface area contributed by atoms with Crippen molar-refractivity contribution in [3.63, 3.8) is 0 Å². The van der Waals surface area contributed by atoms with Crippen molar-refractivity contribution in [2.75, 3.05) is 26.2 Å². The van der Waals surface area contributed by atoms with Gasteiger partial charge < -0.3 is 0 Å². The SMILES string of the molecule is [B].[B].c1ccc2c(CN3CCCC3)c3ccccc3c(CN3CCCC3)c2c1. The molecule has 0 N–H and O–H groups in total. The predicted molar refractivity (Wildman–Crippen MR) is 122 cm³/mol. The molecule has 0 aromatic heterocycles. The fraction of sp³-hybridized carbons (Fsp3) is 0.417. The molecule has 2 saturated heterocycles. The molecule has 0 amide bonds. The van der Waals surface area contributed by atoms with Gasteiger partial charge in [0.25, 0.3) is 0 Å². The van der Waals surface area contributed by atoms with Crippen LogP contribution in [0.2, 0.25) is 0 Å². The highest BCUT2D eigenvalue weighted by atomic mass is 15.1. The predicted octanol–water partition coefficient (Wildman–Crippen LogP) is 4.42. The lowest BCUT2D eigenvalue weighted by Crippen LogP contribution is -2.20. The number of likely N-dealkylation sites (tertiary alicyclic amines) is 2. The first kappa shape index (κ1) is 21.0. The van der Waals surface area contributed by atoms with Gasteiger partial charge in [-0.1, -0.05) is 48.5 Å². The zero-order chi connectivity index (χ0) is 17.3. The lowest BCUT2D eigenvalue weighted by molar-refractivity contribution is 0.332. The van der Waals surface area contributed by atoms with Gasteiger partial charge in [-0.2, -0.15) is 0 Å². The second kappa shape index (κ2) is 9.15. The maximum absolute atomic E-state index is 2.63. The van der Waals surface area contributed by atoms with Gasteiger partial charge >= 0.3 is 0 Å². The maximum Gasteiger partial charge on any atom is 0.0246 e. The van der Waals surface area contributed by atoms with Gasteiger partial charge in [-0.05, 0) is 84.5 Å². The average Bonchev–Trinajstić information content (AvgIpc) is 3.38. The summed E-state index contributed by atoms with van der Waals surface area (Å²) >= 11 is 0. The molecule has 0 unspecified atom stereocenters. The van der Waals surface area contributed by atoms with Crippen molar-refractivity contribution in [3.8, 4) is 0 Å². The second-order valence-corrected chi connectivity index (χ2v) is 8.01. The molecule has 4 heteroatoms. The van der Waals surface area contributed by atoms with Gasteiger partial charge in [-0.3, -0.25) is 9.80 Å². The molecule has 0 saturated carbocycles. The Morgan fingerprint density at radius 3 is 1.07 bits per heavy atom. The summed E-state index contributed by atoms with van der Waals surface area (Å²) in [6.07, 6.45) is 5.40. The Morgan fingerprint density at radius 1 is 0.500 bits per heavy atom. The summed E-state index contributed by atoms with van der Waals surface area (Å²) in [4.78, 5) is 5.27. The lowest BCUT2D eigenvalue weighted by atomic mass is 9.91. The van der Waals surface area contributed by atoms with Crippen LogP contribution in [0.15, 0.2) is 48.5 Å². The van der Waals surface area contributed by atoms with E-state index >= 15 is 0 Å². The van der Waals surface area contributed by atoms with Crippen molar-refractivity contribution in [3.05, 3.63) is 59.7 Å². The van der Waals surface area contributed by atoms with Crippen LogP contribution in [0, 0.1) is 0 Å². The molecule has 2 aliphatic rings. The first-order valence-electron chi connectivity index (χ1n) is 10.3. The topological polar surface area (TPSA) is 6.48 Å². The summed E-state index contributed by atoms with van der Waals surface area (Å²) in [7, 11) is 0. The number of rotatable bonds is 4. The van der Waals surface area contributed by atoms with E-state index < -0.39 is 0 Å². The third-order valence-corrected chi connectivity index (χ3v) is 6.32. The minimum atomic E-state index is 0. The zero-order valence-electron chi connectivity index (χ0n) is 16.7. The van der Waals surface area contributed by atoms with E-state index in [-0.39, 0.29) is 16.8 Å². The number of hydrogen-bond donors (Lipinski definition) is 0. The maximum atomic E-state index is 2.63. The Kier molecular flexibility index (Phi) is 6.85. The molecular formula is C24H28B2N2. The zero-order valence-corrected chi connectivity index (χ0v) is 16.7. The van der Waals surface area contributed by atoms with Gasteiger partial charge in [0.05, 0.1) is 0 Å². The highest BCUT2D eigenvalue weighted by Gasteiger charge is 2.20. The molecule has 140 valence electrons. The minimum absolute atomic E-state index is 0. The number of fused-ring (bicyclic) bond motifs is 2. The Bertz CT molecular complexity index is 795. The second-order valence-electron chi connectivity index (χ2n) is 8.01. The molecular weight excluding hydrogens is 338 g/mol. The molecule has 28 heavy (non-hydrogen) atoms. The van der Waals surface area contributed by atoms with Crippen LogP contribution in [0.25, 0.3) is 21.5 Å². The van der Waals surface area contributed by atoms with Gasteiger partial charge in [0.2, 0.25) is 0 Å². The van der Waals surface area contributed by atoms with Crippen molar-refractivity contribution in [2.45, 2.75) is 38.8 Å². The Balaban J connectivity index is 0.00000112. The first-order chi connectivity index (χ1) is 12.9. The molecule has 0 atom stereocenters. The fourth-order valence-electron chi connectivity index (χ4n) is 4.98. The molecule has 0 aliphatic carbocycles. The molecule has 2 nitrogen and oxygen atoms in total. The summed E-state index contributed by atoms with van der Waals surface area (Å²) in [5.41, 5.74) is 3.06. The van der Waals surface area contributed by atoms with Crippen LogP contribution in [-0.2, 0) is 13.1 Å². The van der Waals surface area contributed by atoms with Gasteiger partial charge in [0, 0.05) is 29.9 Å². The van der Waals surface area contributed by atoms with Gasteiger partial charge in [0.15, 0.2) is 0 Å². The van der Waals surface area contributed by atoms with E-state index in [9.17, 15) is 0 Å². The minimum Gasteiger partial charge on any atom is -0.299 e. The molecule has 5 rings (SSSR count). The van der Waals surface area contributed by atoms with Crippen LogP contribution < -0.4 is 0 Å². The van der Waals surface area contributed by atoms with Crippen LogP contribution in [0.4, 0.5) is 0 Å². The van der Waals surface area contributed by atoms with E-state index in [2.05, 4.69) is 58.3 Å². The quantitative estimate of drug-likeness (QED) is 0.498. The largest absolute Gasteiger partial charge is 0.299 e. The fourth-order valence-corrected chi connectivity index (χ4v) is 4.98. The van der Waals surface area contributed by atoms with Gasteiger partial charge in [0.1, 0.15) is 0 Å². The first-order valence-corrected chi connectivity index (χ1v) is 10.3. The van der Waals surface area contributed by atoms with Crippen LogP contribution in [-0.4, -0.2) is 52.8 Å². The molecule has 2 heterocycles. The van der Waals surface area contributed by atoms with E-state index in [0.29, 0.717) is 0 Å². The summed E-state index contributed by atoms with van der Waals surface area (Å²) in [5.74, 6) is 0. The van der Waals surface area contributed by atoms with Crippen molar-refractivity contribution in [2.24, 2.45) is 0 Å². The third-order valence-electron chi connectivity index (χ3n) is 6.32. The monoisotopic (exact) mass is 366 g/mol. The normalized spacial score (nSPS) is 17.7. The van der Waals surface area contributed by atoms with E-state index in [0.717, 1.165) is 13.1 Å². The van der Waals surface area contributed by atoms with Gasteiger partial charge in [-0.25, -0.2) is 0 Å². The van der Waals surface area contributed by atoms with E-state index in [1.54, 1.807) is 0 Å². The molecule has 2 aliphatic heterocycles. The van der Waals surface area contributed by atoms with Crippen LogP contribution in [0.3, 0.4) is 0 Å². The van der Waals surface area contributed by atoms with Crippen molar-refractivity contribution >= 4 is 38.4 Å². The summed E-state index contributed by atoms with van der Waals surface area (Å²) in [5, 5.41) is 5.86. The van der Waals surface area contributed by atoms with Crippen molar-refractivity contribution < 1.29 is 0 Å². The van der Waals surface area contributed by atoms with Crippen LogP contribution in [0.5, 0.6) is 0 Å². The summed E-state index contributed by atoms with van der Waals surface area (Å²) < 4.78 is 0. The average molecular weight is 366 g/mol. The van der Waals surface area contributed by atoms with E-state index in [4.69, 9.17) is 0 Å². The van der Waals surface area contributed by atoms with Crippen LogP contribution in [0.1, 0.15) is 36.8 Å². The molecule has 2 fully saturated rings. The Labute approximate surface area is 173 Å². The highest BCUT2D eigenvalue weighted by Crippen LogP contribution is 2.35. The number of benzene rings is 3. The number of hydrogen-bond acceptors (Lipinski definition) is 2. The smallest absolute Gasteiger partial charge is 0.0246 e. The summed E-state index contributed by atoms with van der Waals surface area (Å²) in [6, 6.07) is 18.2. The molecule has 0 spiro atoms. The highest BCUT2D eigenvalue weighted by molar-refractivity contribution is 6.05. The summed E-state index contributed by atoms with van der Waals surface area (Å²) in [6.45, 7) is 7.17. The van der Waals surface area contributed by atoms with Gasteiger partial charge in [-0.15, -0.1) is 0 Å². The standard InChI is InChI=1S/C24H28N2.2B/c1-2-10-20-19(9-1)23(17-25-13-5-6-14-25)21-11-3-4-12-22(21)24(20)18-26-15-7-8-16-26;;/h1-4,9-12H,5-8,13-18H2;;. The van der Waals surface area contributed by atoms with Crippen molar-refractivity contribution in [1.82, 2.24) is 9.80 Å². The van der Waals surface area contributed by atoms with Crippen molar-refractivity contribution in [1.29, 1.82) is 0 Å². The number of nitrogens with zero attached hydrogens (tertiary/aromatic N) is 2. The van der Waals surface area contributed by atoms with E-state index in [1.807, 2.05) is 0 Å². The van der Waals surface area contributed by atoms with Crippen LogP contribution >= 0.6 is 0 Å². The Hall–Kier alpha value is -1.77. The molecule has 3 aromatic carbocycles. The third kappa shape index (κ3) is 3.86. The van der Waals surface area contributed by atoms with E-state index in [1.165, 1.54) is 84.5 Å². The molecule has 3 aromatic rings. The molecule has 0 bridgehead atoms. The Morgan fingerprint density at radius 2 is 0.786 bits per heavy atom.